The van der Waals surface area contributed by atoms with Gasteiger partial charge in [0.2, 0.25) is 0 Å². The molecule has 1 N–H and O–H groups in total. The molecule has 8 heteroatoms. The zero-order valence-electron chi connectivity index (χ0n) is 14.6. The van der Waals surface area contributed by atoms with Crippen LogP contribution in [-0.2, 0) is 9.47 Å². The van der Waals surface area contributed by atoms with Gasteiger partial charge in [0.25, 0.3) is 5.91 Å². The number of pyridine rings is 1. The highest BCUT2D eigenvalue weighted by Gasteiger charge is 2.30. The first kappa shape index (κ1) is 17.1. The Morgan fingerprint density at radius 3 is 2.92 bits per heavy atom. The summed E-state index contributed by atoms with van der Waals surface area (Å²) in [6, 6.07) is 3.39. The molecule has 138 valence electrons. The molecule has 8 nitrogen and oxygen atoms in total. The van der Waals surface area contributed by atoms with Gasteiger partial charge in [0.05, 0.1) is 12.6 Å². The Labute approximate surface area is 151 Å². The number of nitrogens with zero attached hydrogens (tertiary/aromatic N) is 4. The summed E-state index contributed by atoms with van der Waals surface area (Å²) >= 11 is 0. The van der Waals surface area contributed by atoms with E-state index in [4.69, 9.17) is 9.47 Å². The van der Waals surface area contributed by atoms with Crippen molar-refractivity contribution in [1.82, 2.24) is 25.1 Å². The highest BCUT2D eigenvalue weighted by Crippen LogP contribution is 2.27. The molecule has 4 rings (SSSR count). The third kappa shape index (κ3) is 3.91. The fourth-order valence-corrected chi connectivity index (χ4v) is 3.23. The summed E-state index contributed by atoms with van der Waals surface area (Å²) in [5.74, 6) is 1.14. The molecule has 26 heavy (non-hydrogen) atoms. The number of nitrogens with one attached hydrogen (secondary N) is 1. The van der Waals surface area contributed by atoms with Crippen LogP contribution in [0.4, 0.5) is 0 Å². The van der Waals surface area contributed by atoms with E-state index >= 15 is 0 Å². The summed E-state index contributed by atoms with van der Waals surface area (Å²) in [5.41, 5.74) is 0.549. The topological polar surface area (TPSA) is 91.2 Å². The lowest BCUT2D eigenvalue weighted by Crippen LogP contribution is -2.50. The second-order valence-electron chi connectivity index (χ2n) is 6.88. The highest BCUT2D eigenvalue weighted by molar-refractivity contribution is 5.94. The minimum atomic E-state index is -0.133. The Hall–Kier alpha value is -2.32. The van der Waals surface area contributed by atoms with Crippen molar-refractivity contribution in [3.63, 3.8) is 0 Å². The second-order valence-corrected chi connectivity index (χ2v) is 6.88. The van der Waals surface area contributed by atoms with Crippen LogP contribution in [-0.4, -0.2) is 57.6 Å². The molecule has 0 aromatic carbocycles. The Bertz CT molecular complexity index is 732. The molecule has 2 aromatic rings. The smallest absolute Gasteiger partial charge is 0.251 e. The number of ether oxygens (including phenoxy) is 2. The van der Waals surface area contributed by atoms with Gasteiger partial charge < -0.3 is 14.8 Å². The molecule has 2 aromatic heterocycles. The summed E-state index contributed by atoms with van der Waals surface area (Å²) < 4.78 is 13.3. The van der Waals surface area contributed by atoms with Gasteiger partial charge in [-0.2, -0.15) is 0 Å². The standard InChI is InChI=1S/C18H23N5O3/c24-18(14-4-6-19-17(8-14)23-11-20-21-12-23)22-15-5-7-25-10-16(15)26-9-13-2-1-3-13/h4,6,8,11-13,15-16H,1-3,5,7,9-10H2,(H,22,24)/t15-,16-/m0/s1. The maximum atomic E-state index is 12.7. The van der Waals surface area contributed by atoms with Gasteiger partial charge in [-0.15, -0.1) is 10.2 Å². The average molecular weight is 357 g/mol. The number of aromatic nitrogens is 4. The SMILES string of the molecule is O=C(N[C@H]1CCOC[C@@H]1OCC1CCC1)c1ccnc(-n2cnnc2)c1. The van der Waals surface area contributed by atoms with Gasteiger partial charge in [0.1, 0.15) is 24.6 Å². The quantitative estimate of drug-likeness (QED) is 0.839. The minimum absolute atomic E-state index is 0.0390. The van der Waals surface area contributed by atoms with Crippen LogP contribution in [0.1, 0.15) is 36.0 Å². The monoisotopic (exact) mass is 357 g/mol. The molecule has 0 bridgehead atoms. The number of amides is 1. The van der Waals surface area contributed by atoms with Gasteiger partial charge in [-0.3, -0.25) is 9.36 Å². The van der Waals surface area contributed by atoms with Gasteiger partial charge in [0.15, 0.2) is 0 Å². The van der Waals surface area contributed by atoms with Crippen LogP contribution in [0.2, 0.25) is 0 Å². The predicted molar refractivity (Wildman–Crippen MR) is 92.9 cm³/mol. The number of carbonyl (C=O) groups is 1. The van der Waals surface area contributed by atoms with E-state index in [0.29, 0.717) is 30.5 Å². The van der Waals surface area contributed by atoms with Crippen molar-refractivity contribution >= 4 is 5.91 Å². The van der Waals surface area contributed by atoms with Crippen molar-refractivity contribution in [3.8, 4) is 5.82 Å². The summed E-state index contributed by atoms with van der Waals surface area (Å²) in [6.45, 7) is 1.92. The molecule has 2 atom stereocenters. The zero-order valence-corrected chi connectivity index (χ0v) is 14.6. The minimum Gasteiger partial charge on any atom is -0.379 e. The van der Waals surface area contributed by atoms with Crippen LogP contribution in [0.25, 0.3) is 5.82 Å². The van der Waals surface area contributed by atoms with Crippen molar-refractivity contribution < 1.29 is 14.3 Å². The summed E-state index contributed by atoms with van der Waals surface area (Å²) in [4.78, 5) is 17.0. The van der Waals surface area contributed by atoms with E-state index in [1.165, 1.54) is 19.3 Å². The molecule has 1 saturated heterocycles. The first-order valence-corrected chi connectivity index (χ1v) is 9.11. The molecule has 2 aliphatic rings. The fraction of sp³-hybridized carbons (Fsp3) is 0.556. The number of rotatable bonds is 6. The molecule has 2 fully saturated rings. The van der Waals surface area contributed by atoms with E-state index in [0.717, 1.165) is 13.0 Å². The number of hydrogen-bond acceptors (Lipinski definition) is 6. The van der Waals surface area contributed by atoms with E-state index in [9.17, 15) is 4.79 Å². The van der Waals surface area contributed by atoms with E-state index in [-0.39, 0.29) is 18.1 Å². The lowest BCUT2D eigenvalue weighted by atomic mass is 9.86. The van der Waals surface area contributed by atoms with Crippen molar-refractivity contribution in [1.29, 1.82) is 0 Å². The van der Waals surface area contributed by atoms with Crippen LogP contribution < -0.4 is 5.32 Å². The van der Waals surface area contributed by atoms with Crippen molar-refractivity contribution in [2.75, 3.05) is 19.8 Å². The Balaban J connectivity index is 1.40. The Morgan fingerprint density at radius 1 is 1.31 bits per heavy atom. The summed E-state index contributed by atoms with van der Waals surface area (Å²) in [7, 11) is 0. The maximum Gasteiger partial charge on any atom is 0.251 e. The van der Waals surface area contributed by atoms with Gasteiger partial charge >= 0.3 is 0 Å². The molecule has 1 saturated carbocycles. The summed E-state index contributed by atoms with van der Waals surface area (Å²) in [5, 5.41) is 10.6. The molecule has 1 amide bonds. The first-order valence-electron chi connectivity index (χ1n) is 9.11. The number of hydrogen-bond donors (Lipinski definition) is 1. The molecule has 0 unspecified atom stereocenters. The van der Waals surface area contributed by atoms with Gasteiger partial charge in [-0.25, -0.2) is 4.98 Å². The van der Waals surface area contributed by atoms with E-state index in [1.807, 2.05) is 0 Å². The Morgan fingerprint density at radius 2 is 2.15 bits per heavy atom. The van der Waals surface area contributed by atoms with Crippen LogP contribution in [0.5, 0.6) is 0 Å². The molecule has 1 aliphatic carbocycles. The van der Waals surface area contributed by atoms with Crippen molar-refractivity contribution in [2.24, 2.45) is 5.92 Å². The molecule has 0 spiro atoms. The molecule has 0 radical (unpaired) electrons. The largest absolute Gasteiger partial charge is 0.379 e. The summed E-state index contributed by atoms with van der Waals surface area (Å²) in [6.07, 6.45) is 9.16. The second kappa shape index (κ2) is 7.92. The third-order valence-corrected chi connectivity index (χ3v) is 5.08. The highest BCUT2D eigenvalue weighted by atomic mass is 16.5. The van der Waals surface area contributed by atoms with Gasteiger partial charge in [-0.05, 0) is 37.3 Å². The van der Waals surface area contributed by atoms with Crippen molar-refractivity contribution in [2.45, 2.75) is 37.8 Å². The van der Waals surface area contributed by atoms with Crippen molar-refractivity contribution in [3.05, 3.63) is 36.5 Å². The molecular weight excluding hydrogens is 334 g/mol. The molecule has 1 aliphatic heterocycles. The average Bonchev–Trinajstić information content (AvgIpc) is 3.16. The van der Waals surface area contributed by atoms with Gasteiger partial charge in [0, 0.05) is 25.0 Å². The van der Waals surface area contributed by atoms with Crippen LogP contribution in [0.15, 0.2) is 31.0 Å². The fourth-order valence-electron chi connectivity index (χ4n) is 3.23. The van der Waals surface area contributed by atoms with Crippen LogP contribution in [0, 0.1) is 5.92 Å². The van der Waals surface area contributed by atoms with E-state index in [2.05, 4.69) is 20.5 Å². The zero-order chi connectivity index (χ0) is 17.8. The maximum absolute atomic E-state index is 12.7. The lowest BCUT2D eigenvalue weighted by Gasteiger charge is -2.34. The molecular formula is C18H23N5O3. The van der Waals surface area contributed by atoms with Crippen LogP contribution in [0.3, 0.4) is 0 Å². The third-order valence-electron chi connectivity index (χ3n) is 5.08. The number of carbonyl (C=O) groups excluding carboxylic acids is 1. The lowest BCUT2D eigenvalue weighted by molar-refractivity contribution is -0.0819. The van der Waals surface area contributed by atoms with E-state index < -0.39 is 0 Å². The Kier molecular flexibility index (Phi) is 5.21. The van der Waals surface area contributed by atoms with Crippen LogP contribution >= 0.6 is 0 Å². The predicted octanol–water partition coefficient (Wildman–Crippen LogP) is 1.37. The normalized spacial score (nSPS) is 23.4. The first-order chi connectivity index (χ1) is 12.8. The van der Waals surface area contributed by atoms with Gasteiger partial charge in [-0.1, -0.05) is 6.42 Å². The van der Waals surface area contributed by atoms with E-state index in [1.54, 1.807) is 35.6 Å². The molecule has 3 heterocycles.